The molecule has 1 aliphatic carbocycles. The molecule has 0 heterocycles. The predicted molar refractivity (Wildman–Crippen MR) is 54.7 cm³/mol. The summed E-state index contributed by atoms with van der Waals surface area (Å²) in [5, 5.41) is 19.7. The Labute approximate surface area is 83.5 Å². The number of hydrogen-bond donors (Lipinski definition) is 2. The van der Waals surface area contributed by atoms with E-state index in [0.29, 0.717) is 12.8 Å². The molecular weight excluding hydrogens is 176 g/mol. The maximum absolute atomic E-state index is 9.86. The highest BCUT2D eigenvalue weighted by Gasteiger charge is 2.23. The molecule has 2 heteroatoms. The molecule has 1 aromatic rings. The van der Waals surface area contributed by atoms with E-state index in [-0.39, 0.29) is 0 Å². The lowest BCUT2D eigenvalue weighted by atomic mass is 10.00. The van der Waals surface area contributed by atoms with Gasteiger partial charge in [0.25, 0.3) is 0 Å². The SMILES string of the molecule is C=C1CC(O)c2ccccc2C(O)C1. The topological polar surface area (TPSA) is 40.5 Å². The molecule has 0 saturated carbocycles. The van der Waals surface area contributed by atoms with Crippen LogP contribution in [0.2, 0.25) is 0 Å². The van der Waals surface area contributed by atoms with Crippen LogP contribution in [0.25, 0.3) is 0 Å². The number of aliphatic hydroxyl groups excluding tert-OH is 2. The first-order chi connectivity index (χ1) is 6.68. The molecule has 2 rings (SSSR count). The largest absolute Gasteiger partial charge is 0.388 e. The van der Waals surface area contributed by atoms with Gasteiger partial charge >= 0.3 is 0 Å². The molecule has 0 amide bonds. The van der Waals surface area contributed by atoms with Gasteiger partial charge in [0.15, 0.2) is 0 Å². The molecule has 14 heavy (non-hydrogen) atoms. The highest BCUT2D eigenvalue weighted by Crippen LogP contribution is 2.35. The fourth-order valence-corrected chi connectivity index (χ4v) is 1.97. The van der Waals surface area contributed by atoms with Crippen molar-refractivity contribution in [2.24, 2.45) is 0 Å². The molecule has 0 spiro atoms. The minimum atomic E-state index is -0.518. The average molecular weight is 190 g/mol. The summed E-state index contributed by atoms with van der Waals surface area (Å²) in [6, 6.07) is 7.48. The lowest BCUT2D eigenvalue weighted by Gasteiger charge is -2.12. The van der Waals surface area contributed by atoms with Crippen molar-refractivity contribution in [3.8, 4) is 0 Å². The minimum Gasteiger partial charge on any atom is -0.388 e. The van der Waals surface area contributed by atoms with Gasteiger partial charge in [-0.05, 0) is 24.0 Å². The van der Waals surface area contributed by atoms with Crippen molar-refractivity contribution in [2.45, 2.75) is 25.0 Å². The van der Waals surface area contributed by atoms with E-state index >= 15 is 0 Å². The third-order valence-electron chi connectivity index (χ3n) is 2.68. The van der Waals surface area contributed by atoms with Gasteiger partial charge in [0.1, 0.15) is 0 Å². The predicted octanol–water partition coefficient (Wildman–Crippen LogP) is 2.10. The van der Waals surface area contributed by atoms with Gasteiger partial charge in [-0.2, -0.15) is 0 Å². The Hall–Kier alpha value is -1.12. The first kappa shape index (κ1) is 9.44. The Kier molecular flexibility index (Phi) is 2.40. The second-order valence-corrected chi connectivity index (χ2v) is 3.82. The van der Waals surface area contributed by atoms with Crippen LogP contribution >= 0.6 is 0 Å². The summed E-state index contributed by atoms with van der Waals surface area (Å²) in [6.45, 7) is 3.84. The Morgan fingerprint density at radius 2 is 1.43 bits per heavy atom. The lowest BCUT2D eigenvalue weighted by Crippen LogP contribution is -2.01. The standard InChI is InChI=1S/C12H14O2/c1-8-6-11(13)9-4-2-3-5-10(9)12(14)7-8/h2-5,11-14H,1,6-7H2. The second-order valence-electron chi connectivity index (χ2n) is 3.82. The first-order valence-electron chi connectivity index (χ1n) is 4.80. The third kappa shape index (κ3) is 1.59. The van der Waals surface area contributed by atoms with Crippen molar-refractivity contribution in [3.05, 3.63) is 47.5 Å². The molecule has 1 aromatic carbocycles. The van der Waals surface area contributed by atoms with E-state index < -0.39 is 12.2 Å². The van der Waals surface area contributed by atoms with Crippen LogP contribution in [0, 0.1) is 0 Å². The first-order valence-corrected chi connectivity index (χ1v) is 4.80. The summed E-state index contributed by atoms with van der Waals surface area (Å²) in [6.07, 6.45) is 0.0639. The fraction of sp³-hybridized carbons (Fsp3) is 0.333. The minimum absolute atomic E-state index is 0.518. The van der Waals surface area contributed by atoms with Crippen LogP contribution in [0.1, 0.15) is 36.2 Å². The molecule has 2 N–H and O–H groups in total. The molecular formula is C12H14O2. The van der Waals surface area contributed by atoms with Gasteiger partial charge in [0.05, 0.1) is 12.2 Å². The Morgan fingerprint density at radius 3 is 1.86 bits per heavy atom. The van der Waals surface area contributed by atoms with Gasteiger partial charge in [-0.15, -0.1) is 0 Å². The van der Waals surface area contributed by atoms with E-state index in [2.05, 4.69) is 6.58 Å². The number of aliphatic hydroxyl groups is 2. The zero-order chi connectivity index (χ0) is 10.1. The molecule has 0 bridgehead atoms. The van der Waals surface area contributed by atoms with E-state index in [0.717, 1.165) is 16.7 Å². The smallest absolute Gasteiger partial charge is 0.0830 e. The number of fused-ring (bicyclic) bond motifs is 1. The summed E-state index contributed by atoms with van der Waals surface area (Å²) in [7, 11) is 0. The average Bonchev–Trinajstić information content (AvgIpc) is 2.26. The van der Waals surface area contributed by atoms with Crippen LogP contribution in [0.15, 0.2) is 36.4 Å². The highest BCUT2D eigenvalue weighted by atomic mass is 16.3. The zero-order valence-electron chi connectivity index (χ0n) is 7.98. The molecule has 0 saturated heterocycles. The highest BCUT2D eigenvalue weighted by molar-refractivity contribution is 5.34. The number of benzene rings is 1. The summed E-state index contributed by atoms with van der Waals surface area (Å²) in [5.41, 5.74) is 2.57. The van der Waals surface area contributed by atoms with E-state index in [1.54, 1.807) is 0 Å². The van der Waals surface area contributed by atoms with Crippen molar-refractivity contribution >= 4 is 0 Å². The quantitative estimate of drug-likeness (QED) is 0.486. The fourth-order valence-electron chi connectivity index (χ4n) is 1.97. The van der Waals surface area contributed by atoms with Crippen molar-refractivity contribution in [1.29, 1.82) is 0 Å². The van der Waals surface area contributed by atoms with Gasteiger partial charge in [-0.1, -0.05) is 36.4 Å². The van der Waals surface area contributed by atoms with Crippen LogP contribution in [-0.2, 0) is 0 Å². The van der Waals surface area contributed by atoms with Crippen molar-refractivity contribution < 1.29 is 10.2 Å². The molecule has 0 fully saturated rings. The molecule has 2 atom stereocenters. The van der Waals surface area contributed by atoms with Crippen LogP contribution in [-0.4, -0.2) is 10.2 Å². The second kappa shape index (κ2) is 3.56. The van der Waals surface area contributed by atoms with Gasteiger partial charge in [0, 0.05) is 0 Å². The molecule has 0 aromatic heterocycles. The van der Waals surface area contributed by atoms with Crippen molar-refractivity contribution in [3.63, 3.8) is 0 Å². The van der Waals surface area contributed by atoms with E-state index in [1.807, 2.05) is 24.3 Å². The molecule has 2 unspecified atom stereocenters. The molecule has 74 valence electrons. The van der Waals surface area contributed by atoms with Gasteiger partial charge in [-0.3, -0.25) is 0 Å². The third-order valence-corrected chi connectivity index (χ3v) is 2.68. The van der Waals surface area contributed by atoms with Crippen LogP contribution in [0.3, 0.4) is 0 Å². The number of rotatable bonds is 0. The van der Waals surface area contributed by atoms with Crippen molar-refractivity contribution in [1.82, 2.24) is 0 Å². The Morgan fingerprint density at radius 1 is 1.00 bits per heavy atom. The van der Waals surface area contributed by atoms with E-state index in [4.69, 9.17) is 0 Å². The Balaban J connectivity index is 2.47. The van der Waals surface area contributed by atoms with Gasteiger partial charge < -0.3 is 10.2 Å². The molecule has 0 radical (unpaired) electrons. The molecule has 0 aliphatic heterocycles. The van der Waals surface area contributed by atoms with Gasteiger partial charge in [0.2, 0.25) is 0 Å². The van der Waals surface area contributed by atoms with Crippen LogP contribution in [0.5, 0.6) is 0 Å². The molecule has 1 aliphatic rings. The number of hydrogen-bond acceptors (Lipinski definition) is 2. The normalized spacial score (nSPS) is 26.9. The Bertz CT molecular complexity index is 324. The van der Waals surface area contributed by atoms with E-state index in [9.17, 15) is 10.2 Å². The van der Waals surface area contributed by atoms with Crippen LogP contribution < -0.4 is 0 Å². The lowest BCUT2D eigenvalue weighted by molar-refractivity contribution is 0.175. The molecule has 2 nitrogen and oxygen atoms in total. The van der Waals surface area contributed by atoms with Gasteiger partial charge in [-0.25, -0.2) is 0 Å². The van der Waals surface area contributed by atoms with Crippen LogP contribution in [0.4, 0.5) is 0 Å². The summed E-state index contributed by atoms with van der Waals surface area (Å²) in [4.78, 5) is 0. The zero-order valence-corrected chi connectivity index (χ0v) is 7.98. The summed E-state index contributed by atoms with van der Waals surface area (Å²) in [5.74, 6) is 0. The van der Waals surface area contributed by atoms with Crippen molar-refractivity contribution in [2.75, 3.05) is 0 Å². The monoisotopic (exact) mass is 190 g/mol. The van der Waals surface area contributed by atoms with E-state index in [1.165, 1.54) is 0 Å². The maximum atomic E-state index is 9.86. The summed E-state index contributed by atoms with van der Waals surface area (Å²) >= 11 is 0. The maximum Gasteiger partial charge on any atom is 0.0830 e. The summed E-state index contributed by atoms with van der Waals surface area (Å²) < 4.78 is 0.